The fourth-order valence-corrected chi connectivity index (χ4v) is 2.68. The largest absolute Gasteiger partial charge is 0.506 e. The second-order valence-electron chi connectivity index (χ2n) is 4.99. The van der Waals surface area contributed by atoms with E-state index in [0.29, 0.717) is 16.8 Å². The van der Waals surface area contributed by atoms with Crippen LogP contribution in [0.15, 0.2) is 48.5 Å². The summed E-state index contributed by atoms with van der Waals surface area (Å²) in [6.45, 7) is 1.54. The van der Waals surface area contributed by atoms with Gasteiger partial charge in [0.25, 0.3) is 0 Å². The standard InChI is InChI=1S/C17H16ClNO4S/c1-2-24(22,23)19-14-7-5-13(6-8-14)16(20)9-3-12-4-10-17(21)15(18)11-12/h3-11,19,21H,2H2,1H3/b9-3+. The average molecular weight is 366 g/mol. The number of phenols is 1. The van der Waals surface area contributed by atoms with E-state index in [1.165, 1.54) is 24.3 Å². The molecule has 0 fully saturated rings. The van der Waals surface area contributed by atoms with E-state index in [4.69, 9.17) is 11.6 Å². The smallest absolute Gasteiger partial charge is 0.232 e. The summed E-state index contributed by atoms with van der Waals surface area (Å²) in [6.07, 6.45) is 2.97. The highest BCUT2D eigenvalue weighted by Crippen LogP contribution is 2.24. The molecule has 0 bridgehead atoms. The Balaban J connectivity index is 2.09. The van der Waals surface area contributed by atoms with E-state index in [0.717, 1.165) is 0 Å². The molecular formula is C17H16ClNO4S. The van der Waals surface area contributed by atoms with Gasteiger partial charge in [-0.25, -0.2) is 8.42 Å². The Labute approximate surface area is 145 Å². The van der Waals surface area contributed by atoms with Gasteiger partial charge in [-0.1, -0.05) is 23.7 Å². The number of phenolic OH excluding ortho intramolecular Hbond substituents is 1. The molecular weight excluding hydrogens is 350 g/mol. The molecule has 5 nitrogen and oxygen atoms in total. The molecule has 0 unspecified atom stereocenters. The second kappa shape index (κ2) is 7.51. The van der Waals surface area contributed by atoms with Crippen molar-refractivity contribution < 1.29 is 18.3 Å². The number of hydrogen-bond acceptors (Lipinski definition) is 4. The Morgan fingerprint density at radius 3 is 2.46 bits per heavy atom. The zero-order valence-corrected chi connectivity index (χ0v) is 14.4. The van der Waals surface area contributed by atoms with Gasteiger partial charge in [0.05, 0.1) is 10.8 Å². The molecule has 7 heteroatoms. The fraction of sp³-hybridized carbons (Fsp3) is 0.118. The lowest BCUT2D eigenvalue weighted by Gasteiger charge is -2.06. The molecule has 0 atom stereocenters. The van der Waals surface area contributed by atoms with E-state index >= 15 is 0 Å². The molecule has 0 aliphatic rings. The molecule has 0 aliphatic carbocycles. The number of carbonyl (C=O) groups excluding carboxylic acids is 1. The van der Waals surface area contributed by atoms with Gasteiger partial charge in [-0.3, -0.25) is 9.52 Å². The van der Waals surface area contributed by atoms with Gasteiger partial charge in [0.2, 0.25) is 10.0 Å². The molecule has 0 aromatic heterocycles. The molecule has 126 valence electrons. The van der Waals surface area contributed by atoms with E-state index in [2.05, 4.69) is 4.72 Å². The van der Waals surface area contributed by atoms with Crippen molar-refractivity contribution in [3.63, 3.8) is 0 Å². The fourth-order valence-electron chi connectivity index (χ4n) is 1.85. The van der Waals surface area contributed by atoms with Crippen LogP contribution in [0, 0.1) is 0 Å². The lowest BCUT2D eigenvalue weighted by Crippen LogP contribution is -2.14. The zero-order chi connectivity index (χ0) is 17.7. The van der Waals surface area contributed by atoms with Gasteiger partial charge in [0.15, 0.2) is 5.78 Å². The SMILES string of the molecule is CCS(=O)(=O)Nc1ccc(C(=O)/C=C/c2ccc(O)c(Cl)c2)cc1. The van der Waals surface area contributed by atoms with Crippen molar-refractivity contribution in [1.82, 2.24) is 0 Å². The van der Waals surface area contributed by atoms with Gasteiger partial charge in [-0.05, 0) is 55.0 Å². The van der Waals surface area contributed by atoms with Gasteiger partial charge in [0, 0.05) is 11.3 Å². The third-order valence-corrected chi connectivity index (χ3v) is 4.83. The van der Waals surface area contributed by atoms with E-state index in [-0.39, 0.29) is 22.3 Å². The first kappa shape index (κ1) is 18.0. The monoisotopic (exact) mass is 365 g/mol. The minimum atomic E-state index is -3.34. The van der Waals surface area contributed by atoms with Crippen molar-refractivity contribution in [1.29, 1.82) is 0 Å². The number of halogens is 1. The predicted octanol–water partition coefficient (Wildman–Crippen LogP) is 3.70. The summed E-state index contributed by atoms with van der Waals surface area (Å²) in [4.78, 5) is 12.1. The summed E-state index contributed by atoms with van der Waals surface area (Å²) < 4.78 is 25.4. The molecule has 0 amide bonds. The number of aromatic hydroxyl groups is 1. The van der Waals surface area contributed by atoms with Crippen LogP contribution in [0.1, 0.15) is 22.8 Å². The summed E-state index contributed by atoms with van der Waals surface area (Å²) >= 11 is 5.80. The van der Waals surface area contributed by atoms with Gasteiger partial charge in [0.1, 0.15) is 5.75 Å². The number of carbonyl (C=O) groups is 1. The molecule has 24 heavy (non-hydrogen) atoms. The molecule has 0 saturated carbocycles. The minimum Gasteiger partial charge on any atom is -0.506 e. The van der Waals surface area contributed by atoms with Crippen molar-refractivity contribution in [2.75, 3.05) is 10.5 Å². The molecule has 0 heterocycles. The number of hydrogen-bond donors (Lipinski definition) is 2. The van der Waals surface area contributed by atoms with E-state index in [1.54, 1.807) is 37.3 Å². The molecule has 0 radical (unpaired) electrons. The highest BCUT2D eigenvalue weighted by atomic mass is 35.5. The van der Waals surface area contributed by atoms with Gasteiger partial charge < -0.3 is 5.11 Å². The molecule has 2 rings (SSSR count). The number of sulfonamides is 1. The summed E-state index contributed by atoms with van der Waals surface area (Å²) in [6, 6.07) is 10.8. The number of ketones is 1. The quantitative estimate of drug-likeness (QED) is 0.604. The lowest BCUT2D eigenvalue weighted by atomic mass is 10.1. The van der Waals surface area contributed by atoms with Crippen LogP contribution in [-0.4, -0.2) is 25.1 Å². The first-order valence-corrected chi connectivity index (χ1v) is 9.15. The molecule has 0 saturated heterocycles. The lowest BCUT2D eigenvalue weighted by molar-refractivity contribution is 0.104. The Morgan fingerprint density at radius 2 is 1.88 bits per heavy atom. The molecule has 2 N–H and O–H groups in total. The van der Waals surface area contributed by atoms with Crippen LogP contribution >= 0.6 is 11.6 Å². The third kappa shape index (κ3) is 4.84. The van der Waals surface area contributed by atoms with Crippen LogP contribution in [0.4, 0.5) is 5.69 Å². The van der Waals surface area contributed by atoms with Gasteiger partial charge in [-0.15, -0.1) is 0 Å². The van der Waals surface area contributed by atoms with Crippen LogP contribution in [0.3, 0.4) is 0 Å². The van der Waals surface area contributed by atoms with Crippen molar-refractivity contribution in [3.05, 3.63) is 64.7 Å². The van der Waals surface area contributed by atoms with Crippen molar-refractivity contribution in [2.45, 2.75) is 6.92 Å². The van der Waals surface area contributed by atoms with Crippen molar-refractivity contribution in [2.24, 2.45) is 0 Å². The van der Waals surface area contributed by atoms with E-state index < -0.39 is 10.0 Å². The molecule has 0 spiro atoms. The van der Waals surface area contributed by atoms with E-state index in [9.17, 15) is 18.3 Å². The maximum absolute atomic E-state index is 12.1. The maximum atomic E-state index is 12.1. The third-order valence-electron chi connectivity index (χ3n) is 3.22. The number of nitrogens with one attached hydrogen (secondary N) is 1. The van der Waals surface area contributed by atoms with Crippen LogP contribution in [0.25, 0.3) is 6.08 Å². The Hall–Kier alpha value is -2.31. The molecule has 0 aliphatic heterocycles. The summed E-state index contributed by atoms with van der Waals surface area (Å²) in [7, 11) is -3.34. The minimum absolute atomic E-state index is 0.0222. The maximum Gasteiger partial charge on any atom is 0.232 e. The highest BCUT2D eigenvalue weighted by molar-refractivity contribution is 7.92. The van der Waals surface area contributed by atoms with Crippen molar-refractivity contribution in [3.8, 4) is 5.75 Å². The van der Waals surface area contributed by atoms with Crippen LogP contribution in [0.5, 0.6) is 5.75 Å². The summed E-state index contributed by atoms with van der Waals surface area (Å²) in [5.41, 5.74) is 1.51. The molecule has 2 aromatic rings. The average Bonchev–Trinajstić information content (AvgIpc) is 2.56. The summed E-state index contributed by atoms with van der Waals surface area (Å²) in [5.74, 6) is -0.277. The normalized spacial score (nSPS) is 11.6. The van der Waals surface area contributed by atoms with Gasteiger partial charge in [-0.2, -0.15) is 0 Å². The Kier molecular flexibility index (Phi) is 5.64. The zero-order valence-electron chi connectivity index (χ0n) is 12.9. The Bertz CT molecular complexity index is 874. The number of allylic oxidation sites excluding steroid dienone is 1. The van der Waals surface area contributed by atoms with Gasteiger partial charge >= 0.3 is 0 Å². The first-order valence-electron chi connectivity index (χ1n) is 7.12. The van der Waals surface area contributed by atoms with Crippen molar-refractivity contribution >= 4 is 39.2 Å². The number of rotatable bonds is 6. The van der Waals surface area contributed by atoms with E-state index in [1.807, 2.05) is 0 Å². The predicted molar refractivity (Wildman–Crippen MR) is 96.0 cm³/mol. The second-order valence-corrected chi connectivity index (χ2v) is 7.41. The first-order chi connectivity index (χ1) is 11.3. The molecule has 2 aromatic carbocycles. The summed E-state index contributed by atoms with van der Waals surface area (Å²) in [5, 5.41) is 9.56. The number of anilines is 1. The Morgan fingerprint density at radius 1 is 1.21 bits per heavy atom. The number of benzene rings is 2. The van der Waals surface area contributed by atoms with Crippen LogP contribution in [0.2, 0.25) is 5.02 Å². The van der Waals surface area contributed by atoms with Crippen LogP contribution < -0.4 is 4.72 Å². The topological polar surface area (TPSA) is 83.5 Å². The van der Waals surface area contributed by atoms with Crippen LogP contribution in [-0.2, 0) is 10.0 Å². The highest BCUT2D eigenvalue weighted by Gasteiger charge is 2.07.